The Morgan fingerprint density at radius 1 is 1.33 bits per heavy atom. The molecule has 0 aromatic heterocycles. The summed E-state index contributed by atoms with van der Waals surface area (Å²) in [6.07, 6.45) is -7.36. The van der Waals surface area contributed by atoms with E-state index >= 15 is 0 Å². The zero-order chi connectivity index (χ0) is 13.9. The van der Waals surface area contributed by atoms with Gasteiger partial charge in [0.25, 0.3) is 12.3 Å². The fraction of sp³-hybridized carbons (Fsp3) is 0.300. The molecular weight excluding hydrogens is 325 g/mol. The van der Waals surface area contributed by atoms with Gasteiger partial charge in [0.2, 0.25) is 0 Å². The van der Waals surface area contributed by atoms with Crippen LogP contribution in [-0.2, 0) is 6.18 Å². The van der Waals surface area contributed by atoms with E-state index in [1.54, 1.807) is 0 Å². The van der Waals surface area contributed by atoms with Crippen molar-refractivity contribution < 1.29 is 26.7 Å². The summed E-state index contributed by atoms with van der Waals surface area (Å²) >= 11 is 2.89. The lowest BCUT2D eigenvalue weighted by Crippen LogP contribution is -2.29. The summed E-state index contributed by atoms with van der Waals surface area (Å²) in [6, 6.07) is 2.43. The van der Waals surface area contributed by atoms with Crippen LogP contribution in [0.15, 0.2) is 22.7 Å². The van der Waals surface area contributed by atoms with E-state index in [0.29, 0.717) is 6.07 Å². The number of alkyl halides is 5. The number of carbonyl (C=O) groups excluding carboxylic acids is 1. The summed E-state index contributed by atoms with van der Waals surface area (Å²) in [4.78, 5) is 11.4. The highest BCUT2D eigenvalue weighted by Gasteiger charge is 2.31. The summed E-state index contributed by atoms with van der Waals surface area (Å²) in [5, 5.41) is 1.83. The fourth-order valence-corrected chi connectivity index (χ4v) is 1.57. The molecule has 8 heteroatoms. The van der Waals surface area contributed by atoms with Crippen molar-refractivity contribution in [2.45, 2.75) is 12.6 Å². The normalized spacial score (nSPS) is 11.7. The first-order valence-electron chi connectivity index (χ1n) is 4.65. The molecule has 2 nitrogen and oxygen atoms in total. The number of halogens is 6. The van der Waals surface area contributed by atoms with Crippen LogP contribution < -0.4 is 5.32 Å². The summed E-state index contributed by atoms with van der Waals surface area (Å²) in [5.74, 6) is -0.992. The lowest BCUT2D eigenvalue weighted by molar-refractivity contribution is -0.137. The first-order chi connectivity index (χ1) is 8.21. The van der Waals surface area contributed by atoms with Crippen molar-refractivity contribution in [3.63, 3.8) is 0 Å². The Bertz CT molecular complexity index is 446. The molecule has 0 atom stereocenters. The zero-order valence-corrected chi connectivity index (χ0v) is 10.3. The molecule has 0 saturated heterocycles. The van der Waals surface area contributed by atoms with Crippen LogP contribution in [0.3, 0.4) is 0 Å². The second-order valence-corrected chi connectivity index (χ2v) is 4.15. The van der Waals surface area contributed by atoms with Crippen LogP contribution in [0.25, 0.3) is 0 Å². The van der Waals surface area contributed by atoms with Gasteiger partial charge in [0.15, 0.2) is 0 Å². The molecule has 0 saturated carbocycles. The number of hydrogen-bond acceptors (Lipinski definition) is 1. The third-order valence-corrected chi connectivity index (χ3v) is 2.65. The van der Waals surface area contributed by atoms with Crippen molar-refractivity contribution in [1.29, 1.82) is 0 Å². The number of amides is 1. The second kappa shape index (κ2) is 5.64. The van der Waals surface area contributed by atoms with Crippen LogP contribution in [-0.4, -0.2) is 18.9 Å². The number of nitrogens with one attached hydrogen (secondary N) is 1. The van der Waals surface area contributed by atoms with E-state index in [1.807, 2.05) is 5.32 Å². The van der Waals surface area contributed by atoms with Crippen LogP contribution in [0.1, 0.15) is 15.9 Å². The van der Waals surface area contributed by atoms with Gasteiger partial charge in [-0.05, 0) is 34.1 Å². The average Bonchev–Trinajstić information content (AvgIpc) is 2.24. The molecule has 0 aliphatic heterocycles. The smallest absolute Gasteiger partial charge is 0.346 e. The first-order valence-corrected chi connectivity index (χ1v) is 5.44. The molecule has 100 valence electrons. The van der Waals surface area contributed by atoms with Gasteiger partial charge in [0.05, 0.1) is 17.7 Å². The van der Waals surface area contributed by atoms with Gasteiger partial charge < -0.3 is 5.32 Å². The molecule has 18 heavy (non-hydrogen) atoms. The van der Waals surface area contributed by atoms with Crippen LogP contribution >= 0.6 is 15.9 Å². The Balaban J connectivity index is 2.97. The lowest BCUT2D eigenvalue weighted by Gasteiger charge is -2.10. The number of carbonyl (C=O) groups is 1. The third-order valence-electron chi connectivity index (χ3n) is 1.96. The molecule has 0 fully saturated rings. The summed E-state index contributed by atoms with van der Waals surface area (Å²) < 4.78 is 61.1. The van der Waals surface area contributed by atoms with Crippen molar-refractivity contribution in [3.8, 4) is 0 Å². The topological polar surface area (TPSA) is 29.1 Å². The van der Waals surface area contributed by atoms with E-state index in [4.69, 9.17) is 0 Å². The highest BCUT2D eigenvalue weighted by Crippen LogP contribution is 2.31. The van der Waals surface area contributed by atoms with E-state index in [0.717, 1.165) is 12.1 Å². The van der Waals surface area contributed by atoms with Gasteiger partial charge >= 0.3 is 6.18 Å². The second-order valence-electron chi connectivity index (χ2n) is 3.29. The minimum atomic E-state index is -4.60. The third kappa shape index (κ3) is 3.94. The highest BCUT2D eigenvalue weighted by atomic mass is 79.9. The quantitative estimate of drug-likeness (QED) is 0.844. The lowest BCUT2D eigenvalue weighted by atomic mass is 10.1. The molecule has 0 heterocycles. The SMILES string of the molecule is O=C(NCC(F)F)c1cc(C(F)(F)F)ccc1Br. The minimum absolute atomic E-state index is 0.0993. The Morgan fingerprint density at radius 2 is 1.94 bits per heavy atom. The van der Waals surface area contributed by atoms with Crippen molar-refractivity contribution >= 4 is 21.8 Å². The average molecular weight is 332 g/mol. The number of rotatable bonds is 3. The van der Waals surface area contributed by atoms with Gasteiger partial charge in [0.1, 0.15) is 0 Å². The summed E-state index contributed by atoms with van der Waals surface area (Å²) in [5.41, 5.74) is -1.36. The van der Waals surface area contributed by atoms with E-state index < -0.39 is 30.6 Å². The Morgan fingerprint density at radius 3 is 2.44 bits per heavy atom. The number of benzene rings is 1. The van der Waals surface area contributed by atoms with Crippen molar-refractivity contribution in [2.75, 3.05) is 6.54 Å². The predicted molar refractivity (Wildman–Crippen MR) is 57.5 cm³/mol. The molecule has 0 aliphatic rings. The van der Waals surface area contributed by atoms with Gasteiger partial charge in [-0.2, -0.15) is 13.2 Å². The Kier molecular flexibility index (Phi) is 4.66. The Hall–Kier alpha value is -1.18. The van der Waals surface area contributed by atoms with Gasteiger partial charge in [0, 0.05) is 4.47 Å². The molecular formula is C10H7BrF5NO. The van der Waals surface area contributed by atoms with Crippen LogP contribution in [0.4, 0.5) is 22.0 Å². The van der Waals surface area contributed by atoms with E-state index in [2.05, 4.69) is 15.9 Å². The van der Waals surface area contributed by atoms with Gasteiger partial charge in [-0.1, -0.05) is 0 Å². The molecule has 0 radical (unpaired) electrons. The van der Waals surface area contributed by atoms with E-state index in [-0.39, 0.29) is 10.0 Å². The Labute approximate surface area is 107 Å². The molecule has 0 unspecified atom stereocenters. The maximum Gasteiger partial charge on any atom is 0.416 e. The zero-order valence-electron chi connectivity index (χ0n) is 8.69. The van der Waals surface area contributed by atoms with E-state index in [1.165, 1.54) is 0 Å². The van der Waals surface area contributed by atoms with Crippen LogP contribution in [0.5, 0.6) is 0 Å². The summed E-state index contributed by atoms with van der Waals surface area (Å²) in [6.45, 7) is -0.915. The largest absolute Gasteiger partial charge is 0.416 e. The van der Waals surface area contributed by atoms with Crippen molar-refractivity contribution in [1.82, 2.24) is 5.32 Å². The molecule has 0 bridgehead atoms. The molecule has 0 spiro atoms. The number of hydrogen-bond donors (Lipinski definition) is 1. The van der Waals surface area contributed by atoms with Gasteiger partial charge in [-0.3, -0.25) is 4.79 Å². The predicted octanol–water partition coefficient (Wildman–Crippen LogP) is 3.46. The van der Waals surface area contributed by atoms with Crippen molar-refractivity contribution in [3.05, 3.63) is 33.8 Å². The maximum absolute atomic E-state index is 12.4. The van der Waals surface area contributed by atoms with Crippen LogP contribution in [0.2, 0.25) is 0 Å². The van der Waals surface area contributed by atoms with Crippen LogP contribution in [0, 0.1) is 0 Å². The minimum Gasteiger partial charge on any atom is -0.346 e. The van der Waals surface area contributed by atoms with Gasteiger partial charge in [-0.15, -0.1) is 0 Å². The molecule has 1 amide bonds. The van der Waals surface area contributed by atoms with Gasteiger partial charge in [-0.25, -0.2) is 8.78 Å². The summed E-state index contributed by atoms with van der Waals surface area (Å²) in [7, 11) is 0. The molecule has 0 aliphatic carbocycles. The van der Waals surface area contributed by atoms with E-state index in [9.17, 15) is 26.7 Å². The molecule has 1 aromatic rings. The molecule has 1 rings (SSSR count). The molecule has 1 aromatic carbocycles. The van der Waals surface area contributed by atoms with Crippen molar-refractivity contribution in [2.24, 2.45) is 0 Å². The standard InChI is InChI=1S/C10H7BrF5NO/c11-7-2-1-5(10(14,15)16)3-6(7)9(18)17-4-8(12)13/h1-3,8H,4H2,(H,17,18). The fourth-order valence-electron chi connectivity index (χ4n) is 1.14. The molecule has 1 N–H and O–H groups in total. The highest BCUT2D eigenvalue weighted by molar-refractivity contribution is 9.10. The monoisotopic (exact) mass is 331 g/mol. The first kappa shape index (κ1) is 14.9. The maximum atomic E-state index is 12.4.